The number of hydrogen-bond donors (Lipinski definition) is 1. The van der Waals surface area contributed by atoms with E-state index in [1.807, 2.05) is 54.6 Å². The number of rotatable bonds is 3. The van der Waals surface area contributed by atoms with Crippen molar-refractivity contribution in [2.24, 2.45) is 0 Å². The minimum absolute atomic E-state index is 0.0544. The van der Waals surface area contributed by atoms with Crippen LogP contribution in [0.2, 0.25) is 0 Å². The Hall–Kier alpha value is -1.12. The Morgan fingerprint density at radius 1 is 0.938 bits per heavy atom. The third kappa shape index (κ3) is 2.52. The van der Waals surface area contributed by atoms with E-state index in [-0.39, 0.29) is 12.5 Å². The van der Waals surface area contributed by atoms with Crippen LogP contribution in [-0.4, -0.2) is 11.7 Å². The first-order valence-corrected chi connectivity index (χ1v) is 6.02. The van der Waals surface area contributed by atoms with Crippen molar-refractivity contribution < 1.29 is 5.11 Å². The summed E-state index contributed by atoms with van der Waals surface area (Å²) in [5.41, 5.74) is 2.27. The smallest absolute Gasteiger partial charge is 0.0540 e. The molecule has 0 saturated heterocycles. The zero-order chi connectivity index (χ0) is 11.4. The van der Waals surface area contributed by atoms with Crippen LogP contribution in [0.5, 0.6) is 0 Å². The van der Waals surface area contributed by atoms with Crippen LogP contribution in [0.15, 0.2) is 59.1 Å². The van der Waals surface area contributed by atoms with E-state index in [9.17, 15) is 5.11 Å². The Kier molecular flexibility index (Phi) is 3.75. The molecule has 1 atom stereocenters. The topological polar surface area (TPSA) is 20.2 Å². The third-order valence-corrected chi connectivity index (χ3v) is 3.13. The van der Waals surface area contributed by atoms with E-state index in [2.05, 4.69) is 15.9 Å². The second-order valence-corrected chi connectivity index (χ2v) is 4.62. The molecule has 0 radical (unpaired) electrons. The normalized spacial score (nSPS) is 12.4. The highest BCUT2D eigenvalue weighted by Gasteiger charge is 2.12. The molecule has 0 heterocycles. The van der Waals surface area contributed by atoms with Gasteiger partial charge in [-0.2, -0.15) is 0 Å². The fourth-order valence-corrected chi connectivity index (χ4v) is 2.23. The second-order valence-electron chi connectivity index (χ2n) is 3.70. The molecule has 0 aliphatic rings. The first-order valence-electron chi connectivity index (χ1n) is 5.22. The average Bonchev–Trinajstić information content (AvgIpc) is 2.31. The van der Waals surface area contributed by atoms with E-state index in [1.54, 1.807) is 0 Å². The van der Waals surface area contributed by atoms with Gasteiger partial charge < -0.3 is 5.11 Å². The van der Waals surface area contributed by atoms with Gasteiger partial charge in [-0.05, 0) is 23.3 Å². The largest absolute Gasteiger partial charge is 0.395 e. The predicted molar refractivity (Wildman–Crippen MR) is 69.5 cm³/mol. The van der Waals surface area contributed by atoms with Crippen LogP contribution in [0.4, 0.5) is 0 Å². The van der Waals surface area contributed by atoms with Crippen molar-refractivity contribution in [3.8, 4) is 0 Å². The van der Waals surface area contributed by atoms with Gasteiger partial charge in [0, 0.05) is 10.4 Å². The van der Waals surface area contributed by atoms with Gasteiger partial charge in [0.2, 0.25) is 0 Å². The molecular weight excluding hydrogens is 264 g/mol. The van der Waals surface area contributed by atoms with Gasteiger partial charge in [0.1, 0.15) is 0 Å². The minimum atomic E-state index is 0.0544. The summed E-state index contributed by atoms with van der Waals surface area (Å²) >= 11 is 3.45. The van der Waals surface area contributed by atoms with Gasteiger partial charge in [-0.25, -0.2) is 0 Å². The molecule has 0 fully saturated rings. The molecule has 2 aromatic carbocycles. The molecule has 0 aliphatic heterocycles. The van der Waals surface area contributed by atoms with Gasteiger partial charge in [-0.15, -0.1) is 0 Å². The van der Waals surface area contributed by atoms with Gasteiger partial charge in [0.05, 0.1) is 6.61 Å². The Morgan fingerprint density at radius 2 is 1.62 bits per heavy atom. The molecule has 0 aliphatic carbocycles. The Morgan fingerprint density at radius 3 is 2.25 bits per heavy atom. The first-order chi connectivity index (χ1) is 7.81. The van der Waals surface area contributed by atoms with Crippen molar-refractivity contribution in [2.75, 3.05) is 6.61 Å². The number of aliphatic hydroxyl groups excluding tert-OH is 1. The molecule has 1 N–H and O–H groups in total. The van der Waals surface area contributed by atoms with E-state index in [1.165, 1.54) is 0 Å². The lowest BCUT2D eigenvalue weighted by Gasteiger charge is -2.15. The van der Waals surface area contributed by atoms with E-state index in [4.69, 9.17) is 0 Å². The summed E-state index contributed by atoms with van der Waals surface area (Å²) in [5, 5.41) is 9.51. The zero-order valence-corrected chi connectivity index (χ0v) is 10.4. The highest BCUT2D eigenvalue weighted by molar-refractivity contribution is 9.10. The number of benzene rings is 2. The van der Waals surface area contributed by atoms with Gasteiger partial charge in [-0.1, -0.05) is 58.4 Å². The predicted octanol–water partition coefficient (Wildman–Crippen LogP) is 3.57. The highest BCUT2D eigenvalue weighted by atomic mass is 79.9. The number of hydrogen-bond acceptors (Lipinski definition) is 1. The minimum Gasteiger partial charge on any atom is -0.395 e. The van der Waals surface area contributed by atoms with Crippen molar-refractivity contribution in [1.82, 2.24) is 0 Å². The van der Waals surface area contributed by atoms with E-state index < -0.39 is 0 Å². The molecule has 0 saturated carbocycles. The molecule has 2 heteroatoms. The number of aliphatic hydroxyl groups is 1. The van der Waals surface area contributed by atoms with Crippen LogP contribution >= 0.6 is 15.9 Å². The first kappa shape index (κ1) is 11.4. The SMILES string of the molecule is OCC(c1ccccc1)c1cccc(Br)c1. The van der Waals surface area contributed by atoms with Gasteiger partial charge >= 0.3 is 0 Å². The lowest BCUT2D eigenvalue weighted by Crippen LogP contribution is -2.05. The molecule has 16 heavy (non-hydrogen) atoms. The summed E-state index contributed by atoms with van der Waals surface area (Å²) in [5.74, 6) is 0.0544. The van der Waals surface area contributed by atoms with Gasteiger partial charge in [0.15, 0.2) is 0 Å². The van der Waals surface area contributed by atoms with E-state index in [0.29, 0.717) is 0 Å². The van der Waals surface area contributed by atoms with Crippen LogP contribution < -0.4 is 0 Å². The van der Waals surface area contributed by atoms with Crippen molar-refractivity contribution in [2.45, 2.75) is 5.92 Å². The van der Waals surface area contributed by atoms with Crippen LogP contribution in [-0.2, 0) is 0 Å². The monoisotopic (exact) mass is 276 g/mol. The van der Waals surface area contributed by atoms with Crippen molar-refractivity contribution in [1.29, 1.82) is 0 Å². The quantitative estimate of drug-likeness (QED) is 0.909. The lowest BCUT2D eigenvalue weighted by molar-refractivity contribution is 0.280. The van der Waals surface area contributed by atoms with Crippen molar-refractivity contribution >= 4 is 15.9 Å². The molecule has 0 amide bonds. The standard InChI is InChI=1S/C14H13BrO/c15-13-8-4-7-12(9-13)14(10-16)11-5-2-1-3-6-11/h1-9,14,16H,10H2. The molecule has 2 rings (SSSR count). The highest BCUT2D eigenvalue weighted by Crippen LogP contribution is 2.25. The summed E-state index contributed by atoms with van der Waals surface area (Å²) in [6.07, 6.45) is 0. The Bertz CT molecular complexity index is 453. The van der Waals surface area contributed by atoms with Crippen molar-refractivity contribution in [3.05, 3.63) is 70.2 Å². The molecule has 82 valence electrons. The van der Waals surface area contributed by atoms with Crippen molar-refractivity contribution in [3.63, 3.8) is 0 Å². The molecule has 0 bridgehead atoms. The second kappa shape index (κ2) is 5.28. The lowest BCUT2D eigenvalue weighted by atomic mass is 9.92. The van der Waals surface area contributed by atoms with Crippen LogP contribution in [0, 0.1) is 0 Å². The average molecular weight is 277 g/mol. The summed E-state index contributed by atoms with van der Waals surface area (Å²) in [4.78, 5) is 0. The third-order valence-electron chi connectivity index (χ3n) is 2.64. The summed E-state index contributed by atoms with van der Waals surface area (Å²) in [6.45, 7) is 0.125. The summed E-state index contributed by atoms with van der Waals surface area (Å²) in [7, 11) is 0. The molecular formula is C14H13BrO. The molecule has 1 nitrogen and oxygen atoms in total. The maximum atomic E-state index is 9.51. The Labute approximate surface area is 104 Å². The fraction of sp³-hybridized carbons (Fsp3) is 0.143. The van der Waals surface area contributed by atoms with Gasteiger partial charge in [0.25, 0.3) is 0 Å². The molecule has 2 aromatic rings. The summed E-state index contributed by atoms with van der Waals surface area (Å²) in [6, 6.07) is 18.1. The number of halogens is 1. The van der Waals surface area contributed by atoms with E-state index >= 15 is 0 Å². The molecule has 0 spiro atoms. The maximum Gasteiger partial charge on any atom is 0.0540 e. The fourth-order valence-electron chi connectivity index (χ4n) is 1.81. The summed E-state index contributed by atoms with van der Waals surface area (Å²) < 4.78 is 1.04. The Balaban J connectivity index is 2.37. The molecule has 1 unspecified atom stereocenters. The maximum absolute atomic E-state index is 9.51. The van der Waals surface area contributed by atoms with E-state index in [0.717, 1.165) is 15.6 Å². The van der Waals surface area contributed by atoms with Crippen LogP contribution in [0.25, 0.3) is 0 Å². The molecule has 0 aromatic heterocycles. The van der Waals surface area contributed by atoms with Crippen LogP contribution in [0.3, 0.4) is 0 Å². The van der Waals surface area contributed by atoms with Gasteiger partial charge in [-0.3, -0.25) is 0 Å². The van der Waals surface area contributed by atoms with Crippen LogP contribution in [0.1, 0.15) is 17.0 Å². The zero-order valence-electron chi connectivity index (χ0n) is 8.81.